The van der Waals surface area contributed by atoms with Gasteiger partial charge in [0.05, 0.1) is 5.88 Å². The number of hydrogen-bond acceptors (Lipinski definition) is 2. The Morgan fingerprint density at radius 1 is 1.57 bits per heavy atom. The zero-order valence-electron chi connectivity index (χ0n) is 6.81. The molecule has 0 fully saturated rings. The first-order valence-corrected chi connectivity index (χ1v) is 4.12. The lowest BCUT2D eigenvalue weighted by atomic mass is 10.1. The van der Waals surface area contributed by atoms with Crippen molar-refractivity contribution >= 4 is 17.9 Å². The Balaban J connectivity index is 3.35. The Morgan fingerprint density at radius 3 is 2.64 bits per heavy atom. The molecule has 0 spiro atoms. The van der Waals surface area contributed by atoms with E-state index in [1.165, 1.54) is 0 Å². The van der Waals surface area contributed by atoms with Gasteiger partial charge in [-0.3, -0.25) is 4.79 Å². The molecule has 1 aromatic rings. The van der Waals surface area contributed by atoms with Crippen LogP contribution in [0.15, 0.2) is 6.07 Å². The summed E-state index contributed by atoms with van der Waals surface area (Å²) in [6.45, 7) is 0. The number of hydrogen-bond donors (Lipinski definition) is 0. The molecular weight excluding hydrogens is 219 g/mol. The Kier molecular flexibility index (Phi) is 3.46. The number of alkyl halides is 3. The first-order valence-electron chi connectivity index (χ1n) is 3.58. The van der Waals surface area contributed by atoms with Crippen LogP contribution in [0.25, 0.3) is 0 Å². The molecule has 0 aliphatic heterocycles. The molecule has 0 saturated heterocycles. The number of pyridine rings is 1. The van der Waals surface area contributed by atoms with Crippen LogP contribution in [0, 0.1) is 5.95 Å². The normalized spacial score (nSPS) is 10.6. The van der Waals surface area contributed by atoms with E-state index in [2.05, 4.69) is 4.98 Å². The van der Waals surface area contributed by atoms with E-state index in [1.807, 2.05) is 0 Å². The monoisotopic (exact) mass is 223 g/mol. The van der Waals surface area contributed by atoms with Crippen molar-refractivity contribution < 1.29 is 18.0 Å². The number of rotatable bonds is 3. The fourth-order valence-electron chi connectivity index (χ4n) is 0.966. The van der Waals surface area contributed by atoms with Crippen LogP contribution in [-0.4, -0.2) is 11.3 Å². The molecule has 0 N–H and O–H groups in total. The van der Waals surface area contributed by atoms with Crippen molar-refractivity contribution in [2.24, 2.45) is 0 Å². The van der Waals surface area contributed by atoms with Gasteiger partial charge in [-0.1, -0.05) is 0 Å². The van der Waals surface area contributed by atoms with Gasteiger partial charge in [-0.15, -0.1) is 11.6 Å². The summed E-state index contributed by atoms with van der Waals surface area (Å²) in [4.78, 5) is 13.4. The minimum atomic E-state index is -2.88. The molecule has 1 heterocycles. The average molecular weight is 224 g/mol. The summed E-state index contributed by atoms with van der Waals surface area (Å²) in [6, 6.07) is 0.832. The van der Waals surface area contributed by atoms with E-state index in [-0.39, 0.29) is 17.5 Å². The molecule has 0 aromatic carbocycles. The second kappa shape index (κ2) is 4.41. The Morgan fingerprint density at radius 2 is 2.21 bits per heavy atom. The number of carbonyl (C=O) groups is 1. The van der Waals surface area contributed by atoms with Crippen molar-refractivity contribution in [2.45, 2.75) is 12.3 Å². The number of halogens is 4. The summed E-state index contributed by atoms with van der Waals surface area (Å²) in [5.74, 6) is -1.53. The van der Waals surface area contributed by atoms with Crippen LogP contribution in [0.2, 0.25) is 0 Å². The fourth-order valence-corrected chi connectivity index (χ4v) is 1.23. The van der Waals surface area contributed by atoms with Crippen LogP contribution in [-0.2, 0) is 5.88 Å². The zero-order valence-corrected chi connectivity index (χ0v) is 7.56. The molecule has 0 amide bonds. The largest absolute Gasteiger partial charge is 0.296 e. The summed E-state index contributed by atoms with van der Waals surface area (Å²) < 4.78 is 37.7. The molecule has 14 heavy (non-hydrogen) atoms. The van der Waals surface area contributed by atoms with Gasteiger partial charge in [0.25, 0.3) is 6.43 Å². The van der Waals surface area contributed by atoms with Crippen molar-refractivity contribution in [1.82, 2.24) is 4.98 Å². The van der Waals surface area contributed by atoms with E-state index in [0.717, 1.165) is 6.07 Å². The van der Waals surface area contributed by atoms with Gasteiger partial charge in [0.15, 0.2) is 6.29 Å². The predicted molar refractivity (Wildman–Crippen MR) is 44.1 cm³/mol. The van der Waals surface area contributed by atoms with Gasteiger partial charge in [0, 0.05) is 11.1 Å². The Labute approximate surface area is 82.7 Å². The van der Waals surface area contributed by atoms with Crippen LogP contribution >= 0.6 is 11.6 Å². The number of aldehydes is 1. The smallest absolute Gasteiger partial charge is 0.264 e. The minimum absolute atomic E-state index is 0.201. The molecule has 6 heteroatoms. The highest BCUT2D eigenvalue weighted by Crippen LogP contribution is 2.25. The van der Waals surface area contributed by atoms with E-state index >= 15 is 0 Å². The Hall–Kier alpha value is -1.10. The van der Waals surface area contributed by atoms with Crippen LogP contribution in [0.5, 0.6) is 0 Å². The van der Waals surface area contributed by atoms with Crippen LogP contribution in [0.4, 0.5) is 13.2 Å². The molecule has 0 radical (unpaired) electrons. The third-order valence-electron chi connectivity index (χ3n) is 1.62. The van der Waals surface area contributed by atoms with Crippen LogP contribution in [0.1, 0.15) is 28.0 Å². The van der Waals surface area contributed by atoms with Gasteiger partial charge >= 0.3 is 0 Å². The molecule has 76 valence electrons. The molecule has 1 rings (SSSR count). The van der Waals surface area contributed by atoms with E-state index in [1.54, 1.807) is 0 Å². The van der Waals surface area contributed by atoms with Crippen molar-refractivity contribution in [3.05, 3.63) is 28.8 Å². The molecule has 1 aromatic heterocycles. The standard InChI is InChI=1S/C8H5ClF3NO/c9-2-6-5(7(10)11)1-4(3-14)13-8(6)12/h1,3,7H,2H2. The van der Waals surface area contributed by atoms with E-state index in [4.69, 9.17) is 11.6 Å². The number of nitrogens with zero attached hydrogens (tertiary/aromatic N) is 1. The first kappa shape index (κ1) is 11.0. The second-order valence-electron chi connectivity index (χ2n) is 2.46. The Bertz CT molecular complexity index is 357. The van der Waals surface area contributed by atoms with E-state index < -0.39 is 23.8 Å². The maximum Gasteiger partial charge on any atom is 0.264 e. The SMILES string of the molecule is O=Cc1cc(C(F)F)c(CCl)c(F)n1. The van der Waals surface area contributed by atoms with Crippen molar-refractivity contribution in [3.63, 3.8) is 0 Å². The third kappa shape index (κ3) is 2.04. The molecular formula is C8H5ClF3NO. The average Bonchev–Trinajstić information content (AvgIpc) is 2.16. The highest BCUT2D eigenvalue weighted by Gasteiger charge is 2.18. The first-order chi connectivity index (χ1) is 6.60. The molecule has 0 unspecified atom stereocenters. The summed E-state index contributed by atoms with van der Waals surface area (Å²) in [5, 5.41) is 0. The van der Waals surface area contributed by atoms with Gasteiger partial charge < -0.3 is 0 Å². The van der Waals surface area contributed by atoms with Crippen molar-refractivity contribution in [1.29, 1.82) is 0 Å². The minimum Gasteiger partial charge on any atom is -0.296 e. The highest BCUT2D eigenvalue weighted by atomic mass is 35.5. The molecule has 0 aliphatic rings. The fraction of sp³-hybridized carbons (Fsp3) is 0.250. The van der Waals surface area contributed by atoms with Crippen molar-refractivity contribution in [3.8, 4) is 0 Å². The van der Waals surface area contributed by atoms with E-state index in [9.17, 15) is 18.0 Å². The van der Waals surface area contributed by atoms with Gasteiger partial charge in [-0.2, -0.15) is 4.39 Å². The third-order valence-corrected chi connectivity index (χ3v) is 1.88. The number of carbonyl (C=O) groups excluding carboxylic acids is 1. The number of aromatic nitrogens is 1. The highest BCUT2D eigenvalue weighted by molar-refractivity contribution is 6.17. The van der Waals surface area contributed by atoms with Gasteiger partial charge in [-0.05, 0) is 6.07 Å². The molecule has 0 atom stereocenters. The maximum atomic E-state index is 13.0. The van der Waals surface area contributed by atoms with E-state index in [0.29, 0.717) is 0 Å². The van der Waals surface area contributed by atoms with Gasteiger partial charge in [0.1, 0.15) is 5.69 Å². The topological polar surface area (TPSA) is 30.0 Å². The van der Waals surface area contributed by atoms with Crippen LogP contribution < -0.4 is 0 Å². The quantitative estimate of drug-likeness (QED) is 0.448. The summed E-state index contributed by atoms with van der Waals surface area (Å²) >= 11 is 5.28. The summed E-state index contributed by atoms with van der Waals surface area (Å²) in [7, 11) is 0. The zero-order chi connectivity index (χ0) is 10.7. The van der Waals surface area contributed by atoms with Gasteiger partial charge in [0.2, 0.25) is 5.95 Å². The lowest BCUT2D eigenvalue weighted by molar-refractivity contribution is 0.111. The lowest BCUT2D eigenvalue weighted by Crippen LogP contribution is -2.03. The summed E-state index contributed by atoms with van der Waals surface area (Å²) in [5.41, 5.74) is -1.33. The van der Waals surface area contributed by atoms with Crippen molar-refractivity contribution in [2.75, 3.05) is 0 Å². The van der Waals surface area contributed by atoms with Crippen LogP contribution in [0.3, 0.4) is 0 Å². The maximum absolute atomic E-state index is 13.0. The second-order valence-corrected chi connectivity index (χ2v) is 2.73. The summed E-state index contributed by atoms with van der Waals surface area (Å²) in [6.07, 6.45) is -2.67. The lowest BCUT2D eigenvalue weighted by Gasteiger charge is -2.06. The molecule has 2 nitrogen and oxygen atoms in total. The molecule has 0 aliphatic carbocycles. The molecule has 0 saturated carbocycles. The molecule has 0 bridgehead atoms. The predicted octanol–water partition coefficient (Wildman–Crippen LogP) is 2.71. The van der Waals surface area contributed by atoms with Gasteiger partial charge in [-0.25, -0.2) is 13.8 Å².